The van der Waals surface area contributed by atoms with Gasteiger partial charge in [-0.2, -0.15) is 0 Å². The van der Waals surface area contributed by atoms with Crippen LogP contribution in [0.1, 0.15) is 19.8 Å². The predicted molar refractivity (Wildman–Crippen MR) is 102 cm³/mol. The van der Waals surface area contributed by atoms with E-state index in [4.69, 9.17) is 9.47 Å². The van der Waals surface area contributed by atoms with Crippen LogP contribution in [0.15, 0.2) is 42.0 Å². The average molecular weight is 371 g/mol. The van der Waals surface area contributed by atoms with E-state index in [-0.39, 0.29) is 12.0 Å². The summed E-state index contributed by atoms with van der Waals surface area (Å²) in [6, 6.07) is 7.68. The Hall–Kier alpha value is -2.22. The summed E-state index contributed by atoms with van der Waals surface area (Å²) >= 11 is 1.60. The molecule has 7 heteroatoms. The van der Waals surface area contributed by atoms with Gasteiger partial charge in [0.2, 0.25) is 0 Å². The molecule has 0 saturated carbocycles. The van der Waals surface area contributed by atoms with Crippen molar-refractivity contribution in [3.05, 3.63) is 42.0 Å². The molecule has 1 aliphatic rings. The van der Waals surface area contributed by atoms with Gasteiger partial charge in [0, 0.05) is 35.6 Å². The standard InChI is InChI=1S/C19H21N3O3S/c1-13(25-12-16-3-2-9-24-16)18(23)20-15-6-4-14(5-7-15)17-11-22-8-10-26-19(22)21-17/h4-8,10-11,13,16H,2-3,9,12H2,1H3,(H,20,23)/t13-,16+/m1/s1. The van der Waals surface area contributed by atoms with Gasteiger partial charge < -0.3 is 14.8 Å². The van der Waals surface area contributed by atoms with Crippen molar-refractivity contribution < 1.29 is 14.3 Å². The third-order valence-electron chi connectivity index (χ3n) is 4.47. The summed E-state index contributed by atoms with van der Waals surface area (Å²) in [5.74, 6) is -0.154. The van der Waals surface area contributed by atoms with Crippen LogP contribution in [0.5, 0.6) is 0 Å². The quantitative estimate of drug-likeness (QED) is 0.719. The summed E-state index contributed by atoms with van der Waals surface area (Å²) in [5, 5.41) is 4.90. The molecule has 1 aromatic carbocycles. The van der Waals surface area contributed by atoms with Gasteiger partial charge in [0.15, 0.2) is 4.96 Å². The summed E-state index contributed by atoms with van der Waals surface area (Å²) in [7, 11) is 0. The molecule has 26 heavy (non-hydrogen) atoms. The van der Waals surface area contributed by atoms with Gasteiger partial charge in [0.25, 0.3) is 5.91 Å². The van der Waals surface area contributed by atoms with E-state index in [1.54, 1.807) is 18.3 Å². The van der Waals surface area contributed by atoms with Crippen molar-refractivity contribution in [3.8, 4) is 11.3 Å². The first-order valence-corrected chi connectivity index (χ1v) is 9.64. The maximum atomic E-state index is 12.3. The smallest absolute Gasteiger partial charge is 0.253 e. The van der Waals surface area contributed by atoms with E-state index >= 15 is 0 Å². The van der Waals surface area contributed by atoms with E-state index in [2.05, 4.69) is 10.3 Å². The van der Waals surface area contributed by atoms with Crippen molar-refractivity contribution in [2.24, 2.45) is 0 Å². The SMILES string of the molecule is C[C@@H](OC[C@@H]1CCCO1)C(=O)Nc1ccc(-c2cn3ccsc3n2)cc1. The van der Waals surface area contributed by atoms with Crippen molar-refractivity contribution in [1.82, 2.24) is 9.38 Å². The number of nitrogens with zero attached hydrogens (tertiary/aromatic N) is 2. The largest absolute Gasteiger partial charge is 0.376 e. The second kappa shape index (κ2) is 7.57. The lowest BCUT2D eigenvalue weighted by Gasteiger charge is -2.16. The lowest BCUT2D eigenvalue weighted by Crippen LogP contribution is -2.30. The van der Waals surface area contributed by atoms with E-state index in [0.717, 1.165) is 41.4 Å². The minimum Gasteiger partial charge on any atom is -0.376 e. The number of aromatic nitrogens is 2. The Morgan fingerprint density at radius 1 is 1.46 bits per heavy atom. The van der Waals surface area contributed by atoms with Gasteiger partial charge >= 0.3 is 0 Å². The van der Waals surface area contributed by atoms with Crippen LogP contribution >= 0.6 is 11.3 Å². The number of amides is 1. The van der Waals surface area contributed by atoms with Crippen LogP contribution in [0, 0.1) is 0 Å². The second-order valence-electron chi connectivity index (χ2n) is 6.40. The number of anilines is 1. The molecule has 136 valence electrons. The molecule has 0 aliphatic carbocycles. The van der Waals surface area contributed by atoms with E-state index in [1.165, 1.54) is 0 Å². The fourth-order valence-electron chi connectivity index (χ4n) is 2.94. The minimum absolute atomic E-state index is 0.120. The van der Waals surface area contributed by atoms with Crippen LogP contribution in [-0.4, -0.2) is 40.7 Å². The van der Waals surface area contributed by atoms with Gasteiger partial charge in [-0.1, -0.05) is 12.1 Å². The van der Waals surface area contributed by atoms with Crippen molar-refractivity contribution in [3.63, 3.8) is 0 Å². The monoisotopic (exact) mass is 371 g/mol. The molecule has 1 N–H and O–H groups in total. The van der Waals surface area contributed by atoms with Gasteiger partial charge in [-0.3, -0.25) is 9.20 Å². The molecular formula is C19H21N3O3S. The molecule has 2 aromatic heterocycles. The number of rotatable bonds is 6. The molecule has 0 unspecified atom stereocenters. The van der Waals surface area contributed by atoms with Crippen molar-refractivity contribution in [1.29, 1.82) is 0 Å². The number of thiazole rings is 1. The summed E-state index contributed by atoms with van der Waals surface area (Å²) < 4.78 is 13.1. The van der Waals surface area contributed by atoms with E-state index < -0.39 is 6.10 Å². The number of fused-ring (bicyclic) bond motifs is 1. The molecule has 3 aromatic rings. The first-order chi connectivity index (χ1) is 12.7. The maximum Gasteiger partial charge on any atom is 0.253 e. The van der Waals surface area contributed by atoms with Crippen LogP contribution in [0.3, 0.4) is 0 Å². The topological polar surface area (TPSA) is 64.9 Å². The zero-order chi connectivity index (χ0) is 17.9. The number of hydrogen-bond acceptors (Lipinski definition) is 5. The maximum absolute atomic E-state index is 12.3. The normalized spacial score (nSPS) is 18.3. The van der Waals surface area contributed by atoms with Crippen LogP contribution in [0.4, 0.5) is 5.69 Å². The first kappa shape index (κ1) is 17.2. The van der Waals surface area contributed by atoms with Gasteiger partial charge in [0.05, 0.1) is 18.4 Å². The predicted octanol–water partition coefficient (Wildman–Crippen LogP) is 3.59. The molecule has 0 radical (unpaired) electrons. The minimum atomic E-state index is -0.515. The third kappa shape index (κ3) is 3.80. The Labute approximate surface area is 155 Å². The molecule has 6 nitrogen and oxygen atoms in total. The van der Waals surface area contributed by atoms with E-state index in [9.17, 15) is 4.79 Å². The van der Waals surface area contributed by atoms with Gasteiger partial charge in [-0.25, -0.2) is 4.98 Å². The molecule has 1 fully saturated rings. The molecule has 0 bridgehead atoms. The highest BCUT2D eigenvalue weighted by Gasteiger charge is 2.20. The zero-order valence-corrected chi connectivity index (χ0v) is 15.4. The van der Waals surface area contributed by atoms with Gasteiger partial charge in [0.1, 0.15) is 6.10 Å². The summed E-state index contributed by atoms with van der Waals surface area (Å²) in [6.07, 6.45) is 5.66. The van der Waals surface area contributed by atoms with Crippen molar-refractivity contribution >= 4 is 27.9 Å². The Morgan fingerprint density at radius 3 is 3.04 bits per heavy atom. The highest BCUT2D eigenvalue weighted by molar-refractivity contribution is 7.15. The molecule has 1 aliphatic heterocycles. The highest BCUT2D eigenvalue weighted by Crippen LogP contribution is 2.23. The van der Waals surface area contributed by atoms with Gasteiger partial charge in [-0.05, 0) is 31.9 Å². The molecule has 4 rings (SSSR count). The Bertz CT molecular complexity index is 852. The summed E-state index contributed by atoms with van der Waals surface area (Å²) in [5.41, 5.74) is 2.68. The molecule has 2 atom stereocenters. The highest BCUT2D eigenvalue weighted by atomic mass is 32.1. The number of benzene rings is 1. The van der Waals surface area contributed by atoms with Crippen molar-refractivity contribution in [2.45, 2.75) is 32.0 Å². The van der Waals surface area contributed by atoms with Gasteiger partial charge in [-0.15, -0.1) is 11.3 Å². The Balaban J connectivity index is 1.34. The third-order valence-corrected chi connectivity index (χ3v) is 5.24. The average Bonchev–Trinajstić information content (AvgIpc) is 3.37. The molecule has 1 saturated heterocycles. The number of nitrogens with one attached hydrogen (secondary N) is 1. The van der Waals surface area contributed by atoms with Crippen LogP contribution in [0.2, 0.25) is 0 Å². The number of carbonyl (C=O) groups excluding carboxylic acids is 1. The first-order valence-electron chi connectivity index (χ1n) is 8.76. The fraction of sp³-hybridized carbons (Fsp3) is 0.368. The molecule has 0 spiro atoms. The fourth-order valence-corrected chi connectivity index (χ4v) is 3.64. The molecule has 1 amide bonds. The summed E-state index contributed by atoms with van der Waals surface area (Å²) in [6.45, 7) is 3.01. The summed E-state index contributed by atoms with van der Waals surface area (Å²) in [4.78, 5) is 17.8. The lowest BCUT2D eigenvalue weighted by atomic mass is 10.1. The molecule has 3 heterocycles. The number of imidazole rings is 1. The van der Waals surface area contributed by atoms with Crippen LogP contribution in [-0.2, 0) is 14.3 Å². The number of carbonyl (C=O) groups is 1. The number of ether oxygens (including phenoxy) is 2. The van der Waals surface area contributed by atoms with E-state index in [0.29, 0.717) is 6.61 Å². The van der Waals surface area contributed by atoms with E-state index in [1.807, 2.05) is 46.4 Å². The molecular weight excluding hydrogens is 350 g/mol. The Kier molecular flexibility index (Phi) is 5.01. The zero-order valence-electron chi connectivity index (χ0n) is 14.6. The second-order valence-corrected chi connectivity index (χ2v) is 7.27. The van der Waals surface area contributed by atoms with Crippen LogP contribution in [0.25, 0.3) is 16.2 Å². The lowest BCUT2D eigenvalue weighted by molar-refractivity contribution is -0.128. The van der Waals surface area contributed by atoms with Crippen molar-refractivity contribution in [2.75, 3.05) is 18.5 Å². The Morgan fingerprint density at radius 2 is 2.31 bits per heavy atom. The van der Waals surface area contributed by atoms with Crippen LogP contribution < -0.4 is 5.32 Å². The number of hydrogen-bond donors (Lipinski definition) is 1.